The van der Waals surface area contributed by atoms with Crippen molar-refractivity contribution in [2.45, 2.75) is 39.0 Å². The van der Waals surface area contributed by atoms with Gasteiger partial charge >= 0.3 is 6.03 Å². The highest BCUT2D eigenvalue weighted by Crippen LogP contribution is 2.23. The van der Waals surface area contributed by atoms with Crippen molar-refractivity contribution in [3.63, 3.8) is 0 Å². The lowest BCUT2D eigenvalue weighted by molar-refractivity contribution is 0.0792. The van der Waals surface area contributed by atoms with Gasteiger partial charge in [-0.3, -0.25) is 14.6 Å². The molecule has 0 bridgehead atoms. The largest absolute Gasteiger partial charge is 0.393 e. The summed E-state index contributed by atoms with van der Waals surface area (Å²) in [7, 11) is 0. The topological polar surface area (TPSA) is 84.9 Å². The molecule has 3 N–H and O–H groups in total. The molecule has 7 heteroatoms. The Hall–Kier alpha value is -2.90. The third-order valence-electron chi connectivity index (χ3n) is 6.05. The number of hydrogen-bond donors (Lipinski definition) is 3. The summed E-state index contributed by atoms with van der Waals surface area (Å²) in [6.07, 6.45) is 1.54. The SMILES string of the molecule is Cc1cc(C(=O)NCc2ccc(CN3CCC(O)CC3)cc2)ccc1N1CCNC1=O. The molecule has 0 aromatic heterocycles. The summed E-state index contributed by atoms with van der Waals surface area (Å²) < 4.78 is 0. The van der Waals surface area contributed by atoms with Gasteiger partial charge in [-0.15, -0.1) is 0 Å². The van der Waals surface area contributed by atoms with Gasteiger partial charge in [-0.05, 0) is 54.7 Å². The molecule has 7 nitrogen and oxygen atoms in total. The standard InChI is InChI=1S/C24H30N4O3/c1-17-14-20(6-7-22(17)28-13-10-25-24(28)31)23(30)26-15-18-2-4-19(5-3-18)16-27-11-8-21(29)9-12-27/h2-7,14,21,29H,8-13,15-16H2,1H3,(H,25,31)(H,26,30). The first-order chi connectivity index (χ1) is 15.0. The van der Waals surface area contributed by atoms with Gasteiger partial charge in [0.25, 0.3) is 5.91 Å². The molecule has 2 fully saturated rings. The first-order valence-corrected chi connectivity index (χ1v) is 10.9. The number of amides is 3. The van der Waals surface area contributed by atoms with Crippen LogP contribution in [0.15, 0.2) is 42.5 Å². The lowest BCUT2D eigenvalue weighted by Crippen LogP contribution is -2.35. The van der Waals surface area contributed by atoms with Crippen LogP contribution in [0.25, 0.3) is 0 Å². The van der Waals surface area contributed by atoms with Crippen molar-refractivity contribution in [1.82, 2.24) is 15.5 Å². The van der Waals surface area contributed by atoms with Crippen LogP contribution in [0.4, 0.5) is 10.5 Å². The Balaban J connectivity index is 1.30. The average molecular weight is 423 g/mol. The van der Waals surface area contributed by atoms with Gasteiger partial charge in [0.1, 0.15) is 0 Å². The van der Waals surface area contributed by atoms with Crippen molar-refractivity contribution in [1.29, 1.82) is 0 Å². The lowest BCUT2D eigenvalue weighted by atomic mass is 10.1. The van der Waals surface area contributed by atoms with E-state index in [0.29, 0.717) is 25.2 Å². The number of likely N-dealkylation sites (tertiary alicyclic amines) is 1. The first kappa shape index (κ1) is 21.3. The molecule has 2 aliphatic heterocycles. The van der Waals surface area contributed by atoms with Crippen LogP contribution in [0.1, 0.15) is 39.9 Å². The van der Waals surface area contributed by atoms with Crippen LogP contribution in [0.2, 0.25) is 0 Å². The number of hydrogen-bond acceptors (Lipinski definition) is 4. The third kappa shape index (κ3) is 5.24. The van der Waals surface area contributed by atoms with Gasteiger partial charge in [0, 0.05) is 50.5 Å². The summed E-state index contributed by atoms with van der Waals surface area (Å²) in [6.45, 7) is 6.41. The molecule has 0 atom stereocenters. The number of carbonyl (C=O) groups excluding carboxylic acids is 2. The smallest absolute Gasteiger partial charge is 0.322 e. The van der Waals surface area contributed by atoms with E-state index in [1.165, 1.54) is 5.56 Å². The van der Waals surface area contributed by atoms with E-state index in [9.17, 15) is 14.7 Å². The maximum atomic E-state index is 12.6. The molecule has 2 aliphatic rings. The number of carbonyl (C=O) groups is 2. The molecule has 0 unspecified atom stereocenters. The molecule has 31 heavy (non-hydrogen) atoms. The zero-order valence-corrected chi connectivity index (χ0v) is 17.9. The van der Waals surface area contributed by atoms with Crippen LogP contribution < -0.4 is 15.5 Å². The maximum absolute atomic E-state index is 12.6. The van der Waals surface area contributed by atoms with Crippen LogP contribution in [0.3, 0.4) is 0 Å². The molecule has 3 amide bonds. The number of aliphatic hydroxyl groups excluding tert-OH is 1. The predicted octanol–water partition coefficient (Wildman–Crippen LogP) is 2.41. The molecule has 2 saturated heterocycles. The Morgan fingerprint density at radius 2 is 1.81 bits per heavy atom. The fourth-order valence-electron chi connectivity index (χ4n) is 4.18. The van der Waals surface area contributed by atoms with Crippen LogP contribution in [0, 0.1) is 6.92 Å². The molecule has 0 spiro atoms. The number of nitrogens with zero attached hydrogens (tertiary/aromatic N) is 2. The summed E-state index contributed by atoms with van der Waals surface area (Å²) in [4.78, 5) is 28.5. The fraction of sp³-hybridized carbons (Fsp3) is 0.417. The monoisotopic (exact) mass is 422 g/mol. The maximum Gasteiger partial charge on any atom is 0.322 e. The molecule has 0 saturated carbocycles. The quantitative estimate of drug-likeness (QED) is 0.668. The molecule has 164 valence electrons. The third-order valence-corrected chi connectivity index (χ3v) is 6.05. The Bertz CT molecular complexity index is 936. The zero-order valence-electron chi connectivity index (χ0n) is 17.9. The second kappa shape index (κ2) is 9.49. The molecular formula is C24H30N4O3. The van der Waals surface area contributed by atoms with E-state index in [0.717, 1.165) is 49.3 Å². The Kier molecular flexibility index (Phi) is 6.53. The minimum Gasteiger partial charge on any atom is -0.393 e. The highest BCUT2D eigenvalue weighted by molar-refractivity contribution is 5.97. The number of rotatable bonds is 6. The van der Waals surface area contributed by atoms with E-state index in [1.807, 2.05) is 19.1 Å². The van der Waals surface area contributed by atoms with Gasteiger partial charge in [-0.1, -0.05) is 24.3 Å². The van der Waals surface area contributed by atoms with Crippen LogP contribution in [-0.2, 0) is 13.1 Å². The minimum absolute atomic E-state index is 0.0957. The van der Waals surface area contributed by atoms with Crippen molar-refractivity contribution < 1.29 is 14.7 Å². The van der Waals surface area contributed by atoms with Crippen molar-refractivity contribution >= 4 is 17.6 Å². The summed E-state index contributed by atoms with van der Waals surface area (Å²) in [5, 5.41) is 15.4. The molecule has 2 aromatic rings. The predicted molar refractivity (Wildman–Crippen MR) is 120 cm³/mol. The molecule has 0 radical (unpaired) electrons. The number of anilines is 1. The second-order valence-corrected chi connectivity index (χ2v) is 8.39. The normalized spacial score (nSPS) is 17.6. The Labute approximate surface area is 183 Å². The van der Waals surface area contributed by atoms with Gasteiger partial charge in [-0.2, -0.15) is 0 Å². The molecule has 2 aromatic carbocycles. The van der Waals surface area contributed by atoms with Crippen LogP contribution in [0.5, 0.6) is 0 Å². The minimum atomic E-state index is -0.151. The van der Waals surface area contributed by atoms with E-state index in [2.05, 4.69) is 39.8 Å². The highest BCUT2D eigenvalue weighted by Gasteiger charge is 2.23. The van der Waals surface area contributed by atoms with Crippen molar-refractivity contribution in [3.8, 4) is 0 Å². The van der Waals surface area contributed by atoms with Crippen LogP contribution >= 0.6 is 0 Å². The van der Waals surface area contributed by atoms with Gasteiger partial charge in [-0.25, -0.2) is 4.79 Å². The first-order valence-electron chi connectivity index (χ1n) is 10.9. The van der Waals surface area contributed by atoms with E-state index in [-0.39, 0.29) is 18.0 Å². The summed E-state index contributed by atoms with van der Waals surface area (Å²) in [5.41, 5.74) is 4.62. The lowest BCUT2D eigenvalue weighted by Gasteiger charge is -2.29. The van der Waals surface area contributed by atoms with Crippen molar-refractivity contribution in [2.24, 2.45) is 0 Å². The highest BCUT2D eigenvalue weighted by atomic mass is 16.3. The van der Waals surface area contributed by atoms with E-state index >= 15 is 0 Å². The Morgan fingerprint density at radius 1 is 1.10 bits per heavy atom. The molecule has 2 heterocycles. The molecule has 4 rings (SSSR count). The number of aryl methyl sites for hydroxylation is 1. The summed E-state index contributed by atoms with van der Waals surface area (Å²) in [6, 6.07) is 13.6. The van der Waals surface area contributed by atoms with Crippen LogP contribution in [-0.4, -0.2) is 54.2 Å². The summed E-state index contributed by atoms with van der Waals surface area (Å²) >= 11 is 0. The van der Waals surface area contributed by atoms with Gasteiger partial charge < -0.3 is 15.7 Å². The van der Waals surface area contributed by atoms with Crippen molar-refractivity contribution in [2.75, 3.05) is 31.1 Å². The Morgan fingerprint density at radius 3 is 2.45 bits per heavy atom. The second-order valence-electron chi connectivity index (χ2n) is 8.39. The van der Waals surface area contributed by atoms with E-state index < -0.39 is 0 Å². The van der Waals surface area contributed by atoms with E-state index in [1.54, 1.807) is 11.0 Å². The fourth-order valence-corrected chi connectivity index (χ4v) is 4.18. The molecular weight excluding hydrogens is 392 g/mol. The molecule has 0 aliphatic carbocycles. The van der Waals surface area contributed by atoms with Gasteiger partial charge in [0.2, 0.25) is 0 Å². The van der Waals surface area contributed by atoms with Gasteiger partial charge in [0.05, 0.1) is 6.10 Å². The number of piperidine rings is 1. The number of aliphatic hydroxyl groups is 1. The number of nitrogens with one attached hydrogen (secondary N) is 2. The summed E-state index contributed by atoms with van der Waals surface area (Å²) in [5.74, 6) is -0.128. The van der Waals surface area contributed by atoms with E-state index in [4.69, 9.17) is 0 Å². The zero-order chi connectivity index (χ0) is 21.8. The number of urea groups is 1. The van der Waals surface area contributed by atoms with Gasteiger partial charge in [0.15, 0.2) is 0 Å². The average Bonchev–Trinajstić information content (AvgIpc) is 3.20. The van der Waals surface area contributed by atoms with Crippen molar-refractivity contribution in [3.05, 3.63) is 64.7 Å². The number of benzene rings is 2.